The van der Waals surface area contributed by atoms with Crippen molar-refractivity contribution in [2.45, 2.75) is 6.42 Å². The molecule has 0 aromatic heterocycles. The Morgan fingerprint density at radius 1 is 1.39 bits per heavy atom. The van der Waals surface area contributed by atoms with Crippen LogP contribution < -0.4 is 0 Å². The fraction of sp³-hybridized carbons (Fsp3) is 0.923. The standard InChI is InChI=1S/C13H27N3O2/c1-14(2)13(17)11-15(3)9-12-5-6-16(10-12)7-8-18-4/h12H,5-11H2,1-4H3. The van der Waals surface area contributed by atoms with Crippen LogP contribution in [0.2, 0.25) is 0 Å². The molecule has 1 saturated heterocycles. The quantitative estimate of drug-likeness (QED) is 0.642. The van der Waals surface area contributed by atoms with E-state index in [9.17, 15) is 4.79 Å². The summed E-state index contributed by atoms with van der Waals surface area (Å²) in [7, 11) is 7.38. The van der Waals surface area contributed by atoms with Gasteiger partial charge in [-0.1, -0.05) is 0 Å². The van der Waals surface area contributed by atoms with Gasteiger partial charge in [0.2, 0.25) is 5.91 Å². The largest absolute Gasteiger partial charge is 0.383 e. The lowest BCUT2D eigenvalue weighted by Crippen LogP contribution is -2.37. The van der Waals surface area contributed by atoms with Gasteiger partial charge in [-0.2, -0.15) is 0 Å². The lowest BCUT2D eigenvalue weighted by molar-refractivity contribution is -0.129. The predicted octanol–water partition coefficient (Wildman–Crippen LogP) is -0.0253. The Morgan fingerprint density at radius 3 is 2.72 bits per heavy atom. The fourth-order valence-electron chi connectivity index (χ4n) is 2.36. The van der Waals surface area contributed by atoms with Gasteiger partial charge in [0.25, 0.3) is 0 Å². The maximum atomic E-state index is 11.6. The number of carbonyl (C=O) groups is 1. The topological polar surface area (TPSA) is 36.0 Å². The molecule has 0 aromatic carbocycles. The maximum Gasteiger partial charge on any atom is 0.236 e. The minimum absolute atomic E-state index is 0.173. The van der Waals surface area contributed by atoms with Crippen LogP contribution >= 0.6 is 0 Å². The van der Waals surface area contributed by atoms with Crippen LogP contribution in [0.3, 0.4) is 0 Å². The average Bonchev–Trinajstić information content (AvgIpc) is 2.73. The molecule has 1 amide bonds. The fourth-order valence-corrected chi connectivity index (χ4v) is 2.36. The molecule has 18 heavy (non-hydrogen) atoms. The number of nitrogens with zero attached hydrogens (tertiary/aromatic N) is 3. The molecule has 1 aliphatic heterocycles. The molecule has 5 heteroatoms. The molecule has 106 valence electrons. The highest BCUT2D eigenvalue weighted by atomic mass is 16.5. The highest BCUT2D eigenvalue weighted by Gasteiger charge is 2.23. The molecule has 0 aliphatic carbocycles. The second-order valence-electron chi connectivity index (χ2n) is 5.43. The third kappa shape index (κ3) is 5.33. The predicted molar refractivity (Wildman–Crippen MR) is 72.6 cm³/mol. The summed E-state index contributed by atoms with van der Waals surface area (Å²) in [6, 6.07) is 0. The smallest absolute Gasteiger partial charge is 0.236 e. The van der Waals surface area contributed by atoms with E-state index in [4.69, 9.17) is 4.74 Å². The van der Waals surface area contributed by atoms with Crippen molar-refractivity contribution in [1.82, 2.24) is 14.7 Å². The van der Waals surface area contributed by atoms with E-state index in [-0.39, 0.29) is 5.91 Å². The second-order valence-corrected chi connectivity index (χ2v) is 5.43. The summed E-state index contributed by atoms with van der Waals surface area (Å²) in [5.74, 6) is 0.855. The van der Waals surface area contributed by atoms with Crippen molar-refractivity contribution < 1.29 is 9.53 Å². The highest BCUT2D eigenvalue weighted by molar-refractivity contribution is 5.77. The van der Waals surface area contributed by atoms with Crippen molar-refractivity contribution in [3.63, 3.8) is 0 Å². The molecule has 5 nitrogen and oxygen atoms in total. The Balaban J connectivity index is 2.21. The van der Waals surface area contributed by atoms with Gasteiger partial charge >= 0.3 is 0 Å². The number of ether oxygens (including phenoxy) is 1. The van der Waals surface area contributed by atoms with E-state index >= 15 is 0 Å². The van der Waals surface area contributed by atoms with Crippen molar-refractivity contribution in [1.29, 1.82) is 0 Å². The zero-order chi connectivity index (χ0) is 13.5. The third-order valence-corrected chi connectivity index (χ3v) is 3.46. The Hall–Kier alpha value is -0.650. The molecule has 1 aliphatic rings. The Kier molecular flexibility index (Phi) is 6.60. The Labute approximate surface area is 111 Å². The van der Waals surface area contributed by atoms with Crippen LogP contribution in [-0.2, 0) is 9.53 Å². The number of likely N-dealkylation sites (N-methyl/N-ethyl adjacent to an activating group) is 2. The number of hydrogen-bond acceptors (Lipinski definition) is 4. The zero-order valence-corrected chi connectivity index (χ0v) is 12.2. The van der Waals surface area contributed by atoms with E-state index < -0.39 is 0 Å². The normalized spacial score (nSPS) is 20.6. The van der Waals surface area contributed by atoms with Crippen LogP contribution in [0, 0.1) is 5.92 Å². The van der Waals surface area contributed by atoms with Crippen molar-refractivity contribution in [2.75, 3.05) is 67.6 Å². The molecule has 0 bridgehead atoms. The minimum Gasteiger partial charge on any atom is -0.383 e. The van der Waals surface area contributed by atoms with Crippen LogP contribution in [-0.4, -0.2) is 88.2 Å². The molecule has 0 N–H and O–H groups in total. The zero-order valence-electron chi connectivity index (χ0n) is 12.2. The van der Waals surface area contributed by atoms with Crippen LogP contribution in [0.15, 0.2) is 0 Å². The molecule has 0 aromatic rings. The van der Waals surface area contributed by atoms with Crippen molar-refractivity contribution in [3.8, 4) is 0 Å². The van der Waals surface area contributed by atoms with Gasteiger partial charge in [0.1, 0.15) is 0 Å². The summed E-state index contributed by atoms with van der Waals surface area (Å²) in [5, 5.41) is 0. The van der Waals surface area contributed by atoms with E-state index in [1.54, 1.807) is 26.1 Å². The molecule has 1 unspecified atom stereocenters. The van der Waals surface area contributed by atoms with Gasteiger partial charge in [0.05, 0.1) is 13.2 Å². The van der Waals surface area contributed by atoms with Crippen LogP contribution in [0.1, 0.15) is 6.42 Å². The first-order valence-electron chi connectivity index (χ1n) is 6.63. The van der Waals surface area contributed by atoms with Gasteiger partial charge in [-0.3, -0.25) is 9.69 Å². The maximum absolute atomic E-state index is 11.6. The molecule has 1 fully saturated rings. The van der Waals surface area contributed by atoms with Gasteiger partial charge in [-0.05, 0) is 25.9 Å². The van der Waals surface area contributed by atoms with Gasteiger partial charge < -0.3 is 14.5 Å². The SMILES string of the molecule is COCCN1CCC(CN(C)CC(=O)N(C)C)C1. The summed E-state index contributed by atoms with van der Waals surface area (Å²) in [4.78, 5) is 17.8. The van der Waals surface area contributed by atoms with E-state index in [1.807, 2.05) is 7.05 Å². The monoisotopic (exact) mass is 257 g/mol. The molecule has 1 heterocycles. The summed E-state index contributed by atoms with van der Waals surface area (Å²) in [6.07, 6.45) is 1.23. The van der Waals surface area contributed by atoms with Crippen molar-refractivity contribution in [3.05, 3.63) is 0 Å². The number of likely N-dealkylation sites (tertiary alicyclic amines) is 1. The first-order valence-corrected chi connectivity index (χ1v) is 6.63. The molecular formula is C13H27N3O2. The summed E-state index contributed by atoms with van der Waals surface area (Å²) in [6.45, 7) is 5.63. The van der Waals surface area contributed by atoms with E-state index in [0.717, 1.165) is 32.8 Å². The van der Waals surface area contributed by atoms with Crippen LogP contribution in [0.25, 0.3) is 0 Å². The molecule has 1 rings (SSSR count). The summed E-state index contributed by atoms with van der Waals surface area (Å²) in [5.41, 5.74) is 0. The number of amides is 1. The molecule has 0 radical (unpaired) electrons. The second kappa shape index (κ2) is 7.71. The lowest BCUT2D eigenvalue weighted by Gasteiger charge is -2.22. The third-order valence-electron chi connectivity index (χ3n) is 3.46. The number of carbonyl (C=O) groups excluding carboxylic acids is 1. The minimum atomic E-state index is 0.173. The first-order chi connectivity index (χ1) is 8.52. The number of rotatable bonds is 7. The van der Waals surface area contributed by atoms with Gasteiger partial charge in [0, 0.05) is 40.8 Å². The molecular weight excluding hydrogens is 230 g/mol. The van der Waals surface area contributed by atoms with Gasteiger partial charge in [-0.25, -0.2) is 0 Å². The van der Waals surface area contributed by atoms with E-state index in [2.05, 4.69) is 9.80 Å². The number of hydrogen-bond donors (Lipinski definition) is 0. The highest BCUT2D eigenvalue weighted by Crippen LogP contribution is 2.16. The van der Waals surface area contributed by atoms with Crippen molar-refractivity contribution in [2.24, 2.45) is 5.92 Å². The van der Waals surface area contributed by atoms with E-state index in [0.29, 0.717) is 12.5 Å². The van der Waals surface area contributed by atoms with E-state index in [1.165, 1.54) is 6.42 Å². The average molecular weight is 257 g/mol. The molecule has 0 saturated carbocycles. The summed E-state index contributed by atoms with van der Waals surface area (Å²) >= 11 is 0. The van der Waals surface area contributed by atoms with Gasteiger partial charge in [0.15, 0.2) is 0 Å². The molecule has 0 spiro atoms. The van der Waals surface area contributed by atoms with Crippen LogP contribution in [0.5, 0.6) is 0 Å². The molecule has 1 atom stereocenters. The Morgan fingerprint density at radius 2 is 2.11 bits per heavy atom. The Bertz CT molecular complexity index is 259. The van der Waals surface area contributed by atoms with Crippen LogP contribution in [0.4, 0.5) is 0 Å². The lowest BCUT2D eigenvalue weighted by atomic mass is 10.1. The first kappa shape index (κ1) is 15.4. The van der Waals surface area contributed by atoms with Crippen molar-refractivity contribution >= 4 is 5.91 Å². The van der Waals surface area contributed by atoms with Gasteiger partial charge in [-0.15, -0.1) is 0 Å². The number of methoxy groups -OCH3 is 1. The summed E-state index contributed by atoms with van der Waals surface area (Å²) < 4.78 is 5.10.